The SMILES string of the molecule is COC(=O)c1c[nH]cc1CCOCc1ccccc1. The lowest BCUT2D eigenvalue weighted by Crippen LogP contribution is -2.05. The van der Waals surface area contributed by atoms with E-state index in [1.807, 2.05) is 30.3 Å². The Labute approximate surface area is 112 Å². The molecule has 0 spiro atoms. The molecule has 0 aliphatic carbocycles. The molecular formula is C15H17NO3. The van der Waals surface area contributed by atoms with Crippen molar-refractivity contribution in [2.24, 2.45) is 0 Å². The Hall–Kier alpha value is -2.07. The number of rotatable bonds is 6. The van der Waals surface area contributed by atoms with Crippen LogP contribution >= 0.6 is 0 Å². The molecule has 1 aromatic heterocycles. The van der Waals surface area contributed by atoms with Gasteiger partial charge in [0, 0.05) is 12.4 Å². The van der Waals surface area contributed by atoms with Gasteiger partial charge in [0.25, 0.3) is 0 Å². The van der Waals surface area contributed by atoms with Gasteiger partial charge in [-0.05, 0) is 17.5 Å². The standard InChI is InChI=1S/C15H17NO3/c1-18-15(17)14-10-16-9-13(14)7-8-19-11-12-5-3-2-4-6-12/h2-6,9-10,16H,7-8,11H2,1H3. The van der Waals surface area contributed by atoms with Crippen LogP contribution in [0.15, 0.2) is 42.7 Å². The van der Waals surface area contributed by atoms with Gasteiger partial charge in [0.05, 0.1) is 25.9 Å². The number of hydrogen-bond donors (Lipinski definition) is 1. The Morgan fingerprint density at radius 3 is 2.74 bits per heavy atom. The summed E-state index contributed by atoms with van der Waals surface area (Å²) in [5.74, 6) is -0.320. The molecule has 0 aliphatic rings. The van der Waals surface area contributed by atoms with E-state index in [1.165, 1.54) is 7.11 Å². The van der Waals surface area contributed by atoms with Crippen LogP contribution in [0.25, 0.3) is 0 Å². The summed E-state index contributed by atoms with van der Waals surface area (Å²) in [7, 11) is 1.38. The summed E-state index contributed by atoms with van der Waals surface area (Å²) in [6.07, 6.45) is 4.14. The van der Waals surface area contributed by atoms with Gasteiger partial charge in [-0.2, -0.15) is 0 Å². The van der Waals surface area contributed by atoms with Gasteiger partial charge >= 0.3 is 5.97 Å². The quantitative estimate of drug-likeness (QED) is 0.640. The molecule has 0 atom stereocenters. The van der Waals surface area contributed by atoms with E-state index in [0.717, 1.165) is 11.1 Å². The molecule has 2 rings (SSSR count). The number of benzene rings is 1. The smallest absolute Gasteiger partial charge is 0.339 e. The summed E-state index contributed by atoms with van der Waals surface area (Å²) in [5.41, 5.74) is 2.63. The zero-order chi connectivity index (χ0) is 13.5. The first-order chi connectivity index (χ1) is 9.31. The van der Waals surface area contributed by atoms with E-state index >= 15 is 0 Å². The van der Waals surface area contributed by atoms with Crippen molar-refractivity contribution in [3.8, 4) is 0 Å². The van der Waals surface area contributed by atoms with Crippen LogP contribution in [-0.2, 0) is 22.5 Å². The lowest BCUT2D eigenvalue weighted by Gasteiger charge is -2.05. The average Bonchev–Trinajstić information content (AvgIpc) is 2.92. The first-order valence-electron chi connectivity index (χ1n) is 6.17. The fraction of sp³-hybridized carbons (Fsp3) is 0.267. The average molecular weight is 259 g/mol. The van der Waals surface area contributed by atoms with Gasteiger partial charge < -0.3 is 14.5 Å². The van der Waals surface area contributed by atoms with Gasteiger partial charge in [-0.3, -0.25) is 0 Å². The molecule has 4 nitrogen and oxygen atoms in total. The van der Waals surface area contributed by atoms with Crippen molar-refractivity contribution in [2.75, 3.05) is 13.7 Å². The molecular weight excluding hydrogens is 242 g/mol. The third-order valence-electron chi connectivity index (χ3n) is 2.86. The van der Waals surface area contributed by atoms with E-state index in [9.17, 15) is 4.79 Å². The Balaban J connectivity index is 1.80. The van der Waals surface area contributed by atoms with Crippen LogP contribution in [-0.4, -0.2) is 24.7 Å². The number of ether oxygens (including phenoxy) is 2. The molecule has 1 heterocycles. The topological polar surface area (TPSA) is 51.3 Å². The van der Waals surface area contributed by atoms with Crippen LogP contribution in [0.5, 0.6) is 0 Å². The molecule has 0 fully saturated rings. The van der Waals surface area contributed by atoms with Gasteiger partial charge in [0.15, 0.2) is 0 Å². The Bertz CT molecular complexity index is 519. The number of methoxy groups -OCH3 is 1. The predicted molar refractivity (Wildman–Crippen MR) is 71.9 cm³/mol. The van der Waals surface area contributed by atoms with E-state index in [-0.39, 0.29) is 5.97 Å². The first-order valence-corrected chi connectivity index (χ1v) is 6.17. The van der Waals surface area contributed by atoms with Crippen molar-refractivity contribution in [1.29, 1.82) is 0 Å². The van der Waals surface area contributed by atoms with Crippen molar-refractivity contribution in [2.45, 2.75) is 13.0 Å². The van der Waals surface area contributed by atoms with E-state index in [4.69, 9.17) is 9.47 Å². The maximum atomic E-state index is 11.5. The second-order valence-corrected chi connectivity index (χ2v) is 4.17. The number of carbonyl (C=O) groups is 1. The highest BCUT2D eigenvalue weighted by atomic mass is 16.5. The lowest BCUT2D eigenvalue weighted by molar-refractivity contribution is 0.0599. The molecule has 0 bridgehead atoms. The van der Waals surface area contributed by atoms with Crippen molar-refractivity contribution in [3.63, 3.8) is 0 Å². The third-order valence-corrected chi connectivity index (χ3v) is 2.86. The molecule has 4 heteroatoms. The molecule has 0 saturated heterocycles. The molecule has 2 aromatic rings. The normalized spacial score (nSPS) is 10.4. The van der Waals surface area contributed by atoms with E-state index in [0.29, 0.717) is 25.2 Å². The zero-order valence-corrected chi connectivity index (χ0v) is 10.9. The summed E-state index contributed by atoms with van der Waals surface area (Å²) in [4.78, 5) is 14.4. The van der Waals surface area contributed by atoms with Crippen LogP contribution < -0.4 is 0 Å². The molecule has 1 N–H and O–H groups in total. The Morgan fingerprint density at radius 2 is 2.00 bits per heavy atom. The fourth-order valence-corrected chi connectivity index (χ4v) is 1.85. The maximum Gasteiger partial charge on any atom is 0.339 e. The summed E-state index contributed by atoms with van der Waals surface area (Å²) in [6, 6.07) is 10.00. The summed E-state index contributed by atoms with van der Waals surface area (Å²) < 4.78 is 10.3. The van der Waals surface area contributed by atoms with E-state index < -0.39 is 0 Å². The molecule has 0 unspecified atom stereocenters. The molecule has 19 heavy (non-hydrogen) atoms. The van der Waals surface area contributed by atoms with Crippen LogP contribution in [0, 0.1) is 0 Å². The Kier molecular flexibility index (Phi) is 4.75. The van der Waals surface area contributed by atoms with Crippen molar-refractivity contribution >= 4 is 5.97 Å². The van der Waals surface area contributed by atoms with Crippen molar-refractivity contribution in [3.05, 3.63) is 59.4 Å². The molecule has 0 amide bonds. The minimum atomic E-state index is -0.320. The fourth-order valence-electron chi connectivity index (χ4n) is 1.85. The molecule has 0 radical (unpaired) electrons. The number of H-pyrrole nitrogens is 1. The highest BCUT2D eigenvalue weighted by molar-refractivity contribution is 5.90. The lowest BCUT2D eigenvalue weighted by atomic mass is 10.1. The van der Waals surface area contributed by atoms with E-state index in [2.05, 4.69) is 4.98 Å². The number of aromatic amines is 1. The number of nitrogens with one attached hydrogen (secondary N) is 1. The molecule has 100 valence electrons. The second-order valence-electron chi connectivity index (χ2n) is 4.17. The largest absolute Gasteiger partial charge is 0.465 e. The highest BCUT2D eigenvalue weighted by Gasteiger charge is 2.12. The highest BCUT2D eigenvalue weighted by Crippen LogP contribution is 2.10. The number of aromatic nitrogens is 1. The number of esters is 1. The Morgan fingerprint density at radius 1 is 1.21 bits per heavy atom. The van der Waals surface area contributed by atoms with E-state index in [1.54, 1.807) is 12.4 Å². The minimum Gasteiger partial charge on any atom is -0.465 e. The van der Waals surface area contributed by atoms with Crippen LogP contribution in [0.2, 0.25) is 0 Å². The van der Waals surface area contributed by atoms with Crippen LogP contribution in [0.1, 0.15) is 21.5 Å². The first kappa shape index (κ1) is 13.4. The third kappa shape index (κ3) is 3.69. The summed E-state index contributed by atoms with van der Waals surface area (Å²) in [6.45, 7) is 1.15. The predicted octanol–water partition coefficient (Wildman–Crippen LogP) is 2.56. The zero-order valence-electron chi connectivity index (χ0n) is 10.9. The van der Waals surface area contributed by atoms with Gasteiger partial charge in [-0.1, -0.05) is 30.3 Å². The van der Waals surface area contributed by atoms with Crippen molar-refractivity contribution < 1.29 is 14.3 Å². The molecule has 1 aromatic carbocycles. The molecule has 0 aliphatic heterocycles. The minimum absolute atomic E-state index is 0.320. The second kappa shape index (κ2) is 6.75. The number of hydrogen-bond acceptors (Lipinski definition) is 3. The van der Waals surface area contributed by atoms with Crippen LogP contribution in [0.3, 0.4) is 0 Å². The van der Waals surface area contributed by atoms with Gasteiger partial charge in [0.2, 0.25) is 0 Å². The molecule has 0 saturated carbocycles. The summed E-state index contributed by atoms with van der Waals surface area (Å²) >= 11 is 0. The number of carbonyl (C=O) groups excluding carboxylic acids is 1. The van der Waals surface area contributed by atoms with Crippen LogP contribution in [0.4, 0.5) is 0 Å². The van der Waals surface area contributed by atoms with Gasteiger partial charge in [0.1, 0.15) is 0 Å². The monoisotopic (exact) mass is 259 g/mol. The van der Waals surface area contributed by atoms with Gasteiger partial charge in [-0.25, -0.2) is 4.79 Å². The van der Waals surface area contributed by atoms with Crippen molar-refractivity contribution in [1.82, 2.24) is 4.98 Å². The maximum absolute atomic E-state index is 11.5. The summed E-state index contributed by atoms with van der Waals surface area (Å²) in [5, 5.41) is 0. The van der Waals surface area contributed by atoms with Gasteiger partial charge in [-0.15, -0.1) is 0 Å².